The summed E-state index contributed by atoms with van der Waals surface area (Å²) in [7, 11) is -2.58. The van der Waals surface area contributed by atoms with Crippen molar-refractivity contribution in [2.45, 2.75) is 57.1 Å². The minimum atomic E-state index is -4.06. The highest BCUT2D eigenvalue weighted by Gasteiger charge is 2.35. The summed E-state index contributed by atoms with van der Waals surface area (Å²) in [4.78, 5) is 34.4. The van der Waals surface area contributed by atoms with E-state index in [2.05, 4.69) is 15.7 Å². The molecule has 0 aromatic heterocycles. The molecule has 0 radical (unpaired) electrons. The lowest BCUT2D eigenvalue weighted by atomic mass is 9.82. The molecule has 10 nitrogen and oxygen atoms in total. The topological polar surface area (TPSA) is 132 Å². The zero-order valence-corrected chi connectivity index (χ0v) is 24.0. The van der Waals surface area contributed by atoms with Crippen LogP contribution in [0.1, 0.15) is 51.5 Å². The number of ether oxygens (including phenoxy) is 2. The fraction of sp³-hybridized carbons (Fsp3) is 0.448. The predicted molar refractivity (Wildman–Crippen MR) is 151 cm³/mol. The van der Waals surface area contributed by atoms with Crippen molar-refractivity contribution in [3.8, 4) is 5.75 Å². The van der Waals surface area contributed by atoms with E-state index in [9.17, 15) is 18.0 Å². The lowest BCUT2D eigenvalue weighted by molar-refractivity contribution is -0.203. The molecule has 2 aromatic carbocycles. The van der Waals surface area contributed by atoms with Gasteiger partial charge >= 0.3 is 0 Å². The number of amides is 2. The Balaban J connectivity index is 1.76. The van der Waals surface area contributed by atoms with Crippen molar-refractivity contribution in [3.05, 3.63) is 66.2 Å². The van der Waals surface area contributed by atoms with E-state index in [0.29, 0.717) is 25.2 Å². The molecule has 0 bridgehead atoms. The van der Waals surface area contributed by atoms with Gasteiger partial charge in [-0.15, -0.1) is 4.83 Å². The molecule has 11 heteroatoms. The number of sulfonamides is 1. The molecule has 1 aliphatic rings. The van der Waals surface area contributed by atoms with Gasteiger partial charge in [0.15, 0.2) is 6.29 Å². The van der Waals surface area contributed by atoms with E-state index in [1.807, 2.05) is 56.3 Å². The Morgan fingerprint density at radius 3 is 2.38 bits per heavy atom. The maximum absolute atomic E-state index is 13.4. The standard InChI is InChI=1S/C29H39N3O7S/c1-21(2)20-26(28(33)30-32-40(35,36)24-17-15-23(37-3)16-18-24)25(13-9-12-22-10-5-4-6-11-22)29(34)31-39-27-14-7-8-19-38-27/h4-6,9-12,15-18,21,25-27,32H,7-8,13-14,19-20H2,1-3H3,(H,30,33)(H,31,34)/b12-9+/t25-,26+,27?/m0/s1. The van der Waals surface area contributed by atoms with Crippen LogP contribution in [-0.2, 0) is 29.2 Å². The van der Waals surface area contributed by atoms with Crippen LogP contribution >= 0.6 is 0 Å². The Bertz CT molecular complexity index is 1210. The van der Waals surface area contributed by atoms with Gasteiger partial charge in [0, 0.05) is 13.0 Å². The molecule has 0 saturated carbocycles. The first-order valence-electron chi connectivity index (χ1n) is 13.4. The van der Waals surface area contributed by atoms with E-state index >= 15 is 0 Å². The van der Waals surface area contributed by atoms with Gasteiger partial charge < -0.3 is 9.47 Å². The van der Waals surface area contributed by atoms with Gasteiger partial charge in [-0.1, -0.05) is 56.3 Å². The largest absolute Gasteiger partial charge is 0.497 e. The second-order valence-corrected chi connectivity index (χ2v) is 11.7. The summed E-state index contributed by atoms with van der Waals surface area (Å²) in [6.07, 6.45) is 6.24. The third-order valence-corrected chi connectivity index (χ3v) is 7.76. The molecule has 0 aliphatic carbocycles. The number of rotatable bonds is 14. The van der Waals surface area contributed by atoms with Gasteiger partial charge in [-0.05, 0) is 61.4 Å². The Labute approximate surface area is 236 Å². The average molecular weight is 574 g/mol. The van der Waals surface area contributed by atoms with E-state index in [-0.39, 0.29) is 17.2 Å². The number of hydrogen-bond donors (Lipinski definition) is 3. The van der Waals surface area contributed by atoms with Crippen LogP contribution in [0.15, 0.2) is 65.6 Å². The zero-order valence-electron chi connectivity index (χ0n) is 23.2. The fourth-order valence-corrected chi connectivity index (χ4v) is 5.21. The second-order valence-electron chi connectivity index (χ2n) is 10.0. The van der Waals surface area contributed by atoms with Crippen LogP contribution in [-0.4, -0.2) is 40.2 Å². The van der Waals surface area contributed by atoms with Gasteiger partial charge in [-0.2, -0.15) is 0 Å². The molecule has 3 N–H and O–H groups in total. The van der Waals surface area contributed by atoms with Crippen molar-refractivity contribution in [3.63, 3.8) is 0 Å². The van der Waals surface area contributed by atoms with Crippen molar-refractivity contribution in [2.24, 2.45) is 17.8 Å². The van der Waals surface area contributed by atoms with E-state index in [0.717, 1.165) is 18.4 Å². The number of benzene rings is 2. The summed E-state index contributed by atoms with van der Waals surface area (Å²) in [6, 6.07) is 15.3. The first-order valence-corrected chi connectivity index (χ1v) is 14.9. The van der Waals surface area contributed by atoms with Gasteiger partial charge in [0.1, 0.15) is 5.75 Å². The number of methoxy groups -OCH3 is 1. The maximum atomic E-state index is 13.4. The zero-order chi connectivity index (χ0) is 29.0. The van der Waals surface area contributed by atoms with E-state index < -0.39 is 40.0 Å². The number of allylic oxidation sites excluding steroid dienone is 1. The number of hydrogen-bond acceptors (Lipinski definition) is 7. The highest BCUT2D eigenvalue weighted by atomic mass is 32.2. The quantitative estimate of drug-likeness (QED) is 0.292. The summed E-state index contributed by atoms with van der Waals surface area (Å²) in [5.74, 6) is -2.24. The first-order chi connectivity index (χ1) is 19.2. The Morgan fingerprint density at radius 2 is 1.75 bits per heavy atom. The van der Waals surface area contributed by atoms with Crippen LogP contribution in [0, 0.1) is 17.8 Å². The normalized spacial score (nSPS) is 17.4. The van der Waals surface area contributed by atoms with Crippen molar-refractivity contribution < 1.29 is 32.3 Å². The molecule has 2 amide bonds. The number of hydroxylamine groups is 1. The molecule has 3 rings (SSSR count). The number of nitrogens with one attached hydrogen (secondary N) is 3. The van der Waals surface area contributed by atoms with E-state index in [1.165, 1.54) is 31.4 Å². The Kier molecular flexibility index (Phi) is 12.1. The SMILES string of the molecule is COc1ccc(S(=O)(=O)NNC(=O)[C@H](CC(C)C)[C@H](C/C=C/c2ccccc2)C(=O)NOC2CCCCO2)cc1. The lowest BCUT2D eigenvalue weighted by Crippen LogP contribution is -2.49. The van der Waals surface area contributed by atoms with Crippen molar-refractivity contribution in [1.82, 2.24) is 15.7 Å². The molecule has 1 aliphatic heterocycles. The molecule has 1 fully saturated rings. The highest BCUT2D eigenvalue weighted by molar-refractivity contribution is 7.89. The minimum absolute atomic E-state index is 0.0462. The van der Waals surface area contributed by atoms with Crippen molar-refractivity contribution in [1.29, 1.82) is 0 Å². The van der Waals surface area contributed by atoms with E-state index in [1.54, 1.807) is 0 Å². The summed E-state index contributed by atoms with van der Waals surface area (Å²) < 4.78 is 36.2. The molecular weight excluding hydrogens is 534 g/mol. The third-order valence-electron chi connectivity index (χ3n) is 6.49. The van der Waals surface area contributed by atoms with Crippen LogP contribution in [0.3, 0.4) is 0 Å². The maximum Gasteiger partial charge on any atom is 0.257 e. The summed E-state index contributed by atoms with van der Waals surface area (Å²) in [5.41, 5.74) is 5.77. The Morgan fingerprint density at radius 1 is 1.02 bits per heavy atom. The van der Waals surface area contributed by atoms with Crippen LogP contribution < -0.4 is 20.5 Å². The van der Waals surface area contributed by atoms with Crippen molar-refractivity contribution in [2.75, 3.05) is 13.7 Å². The van der Waals surface area contributed by atoms with Crippen LogP contribution in [0.25, 0.3) is 6.08 Å². The number of carbonyl (C=O) groups excluding carboxylic acids is 2. The Hall–Kier alpha value is -3.25. The lowest BCUT2D eigenvalue weighted by Gasteiger charge is -2.28. The molecule has 1 saturated heterocycles. The smallest absolute Gasteiger partial charge is 0.257 e. The fourth-order valence-electron chi connectivity index (χ4n) is 4.36. The van der Waals surface area contributed by atoms with Crippen LogP contribution in [0.2, 0.25) is 0 Å². The van der Waals surface area contributed by atoms with E-state index in [4.69, 9.17) is 14.3 Å². The summed E-state index contributed by atoms with van der Waals surface area (Å²) >= 11 is 0. The molecule has 1 unspecified atom stereocenters. The first kappa shape index (κ1) is 31.3. The molecule has 40 heavy (non-hydrogen) atoms. The number of carbonyl (C=O) groups is 2. The third kappa shape index (κ3) is 9.74. The molecule has 3 atom stereocenters. The van der Waals surface area contributed by atoms with Gasteiger partial charge in [0.25, 0.3) is 10.0 Å². The van der Waals surface area contributed by atoms with Gasteiger partial charge in [0.05, 0.1) is 23.8 Å². The van der Waals surface area contributed by atoms with Crippen molar-refractivity contribution >= 4 is 27.9 Å². The molecule has 0 spiro atoms. The summed E-state index contributed by atoms with van der Waals surface area (Å²) in [6.45, 7) is 4.42. The number of hydrazine groups is 1. The minimum Gasteiger partial charge on any atom is -0.497 e. The molecule has 218 valence electrons. The second kappa shape index (κ2) is 15.5. The molecule has 2 aromatic rings. The summed E-state index contributed by atoms with van der Waals surface area (Å²) in [5, 5.41) is 0. The predicted octanol–water partition coefficient (Wildman–Crippen LogP) is 3.96. The van der Waals surface area contributed by atoms with Gasteiger partial charge in [-0.25, -0.2) is 18.7 Å². The van der Waals surface area contributed by atoms with Gasteiger partial charge in [-0.3, -0.25) is 15.0 Å². The highest BCUT2D eigenvalue weighted by Crippen LogP contribution is 2.26. The van der Waals surface area contributed by atoms with Gasteiger partial charge in [0.2, 0.25) is 11.8 Å². The monoisotopic (exact) mass is 573 g/mol. The van der Waals surface area contributed by atoms with Crippen LogP contribution in [0.5, 0.6) is 5.75 Å². The average Bonchev–Trinajstić information content (AvgIpc) is 2.97. The van der Waals surface area contributed by atoms with Crippen LogP contribution in [0.4, 0.5) is 0 Å². The molecular formula is C29H39N3O7S. The molecule has 1 heterocycles.